The van der Waals surface area contributed by atoms with Gasteiger partial charge in [0.1, 0.15) is 5.82 Å². The molecule has 1 heterocycles. The van der Waals surface area contributed by atoms with Gasteiger partial charge in [-0.05, 0) is 41.5 Å². The van der Waals surface area contributed by atoms with Crippen LogP contribution >= 0.6 is 0 Å². The number of nitrogens with zero attached hydrogens (tertiary/aromatic N) is 2. The Bertz CT molecular complexity index is 862. The molecule has 152 valence electrons. The van der Waals surface area contributed by atoms with Crippen molar-refractivity contribution in [3.63, 3.8) is 0 Å². The van der Waals surface area contributed by atoms with Crippen molar-refractivity contribution >= 4 is 17.7 Å². The number of amides is 1. The van der Waals surface area contributed by atoms with Crippen molar-refractivity contribution < 1.29 is 18.8 Å². The minimum atomic E-state index is -0.471. The summed E-state index contributed by atoms with van der Waals surface area (Å²) >= 11 is 0. The first-order valence-electron chi connectivity index (χ1n) is 9.30. The van der Waals surface area contributed by atoms with Gasteiger partial charge < -0.3 is 10.1 Å². The zero-order valence-corrected chi connectivity index (χ0v) is 15.8. The fourth-order valence-corrected chi connectivity index (χ4v) is 3.17. The molecule has 1 atom stereocenters. The van der Waals surface area contributed by atoms with Gasteiger partial charge in [0.05, 0.1) is 24.2 Å². The highest BCUT2D eigenvalue weighted by Gasteiger charge is 2.23. The molecule has 8 heteroatoms. The predicted octanol–water partition coefficient (Wildman–Crippen LogP) is 2.94. The number of morpholine rings is 1. The van der Waals surface area contributed by atoms with Gasteiger partial charge in [0, 0.05) is 37.8 Å². The summed E-state index contributed by atoms with van der Waals surface area (Å²) in [5.74, 6) is -0.576. The third kappa shape index (κ3) is 5.94. The number of nitro benzene ring substituents is 1. The summed E-state index contributed by atoms with van der Waals surface area (Å²) in [6.45, 7) is 3.07. The summed E-state index contributed by atoms with van der Waals surface area (Å²) < 4.78 is 18.7. The van der Waals surface area contributed by atoms with Gasteiger partial charge in [-0.2, -0.15) is 0 Å². The average molecular weight is 399 g/mol. The van der Waals surface area contributed by atoms with E-state index in [2.05, 4.69) is 10.2 Å². The van der Waals surface area contributed by atoms with Crippen LogP contribution in [0.15, 0.2) is 54.6 Å². The first-order valence-corrected chi connectivity index (χ1v) is 9.30. The van der Waals surface area contributed by atoms with Gasteiger partial charge in [-0.15, -0.1) is 0 Å². The molecule has 1 fully saturated rings. The molecular formula is C21H22FN3O4. The molecule has 2 aromatic rings. The number of non-ortho nitro benzene ring substituents is 1. The molecule has 0 saturated carbocycles. The zero-order valence-electron chi connectivity index (χ0n) is 15.8. The molecule has 0 aliphatic carbocycles. The van der Waals surface area contributed by atoms with Crippen molar-refractivity contribution in [3.8, 4) is 0 Å². The van der Waals surface area contributed by atoms with E-state index in [-0.39, 0.29) is 23.5 Å². The quantitative estimate of drug-likeness (QED) is 0.440. The molecule has 0 aromatic heterocycles. The predicted molar refractivity (Wildman–Crippen MR) is 107 cm³/mol. The number of hydrogen-bond acceptors (Lipinski definition) is 5. The molecule has 7 nitrogen and oxygen atoms in total. The van der Waals surface area contributed by atoms with E-state index in [1.165, 1.54) is 30.3 Å². The Hall–Kier alpha value is -3.10. The molecular weight excluding hydrogens is 377 g/mol. The summed E-state index contributed by atoms with van der Waals surface area (Å²) in [7, 11) is 0. The zero-order chi connectivity index (χ0) is 20.6. The molecule has 1 unspecified atom stereocenters. The Kier molecular flexibility index (Phi) is 7.04. The molecule has 2 aromatic carbocycles. The van der Waals surface area contributed by atoms with E-state index in [1.54, 1.807) is 30.3 Å². The van der Waals surface area contributed by atoms with E-state index in [1.807, 2.05) is 0 Å². The highest BCUT2D eigenvalue weighted by molar-refractivity contribution is 5.91. The molecule has 0 bridgehead atoms. The molecule has 1 aliphatic heterocycles. The molecule has 1 saturated heterocycles. The summed E-state index contributed by atoms with van der Waals surface area (Å²) in [5.41, 5.74) is 1.61. The summed E-state index contributed by atoms with van der Waals surface area (Å²) in [6, 6.07) is 12.1. The van der Waals surface area contributed by atoms with Crippen LogP contribution in [0.3, 0.4) is 0 Å². The number of carbonyl (C=O) groups excluding carboxylic acids is 1. The van der Waals surface area contributed by atoms with Crippen molar-refractivity contribution in [1.82, 2.24) is 10.2 Å². The third-order valence-electron chi connectivity index (χ3n) is 4.74. The lowest BCUT2D eigenvalue weighted by molar-refractivity contribution is -0.384. The summed E-state index contributed by atoms with van der Waals surface area (Å²) in [5, 5.41) is 13.6. The summed E-state index contributed by atoms with van der Waals surface area (Å²) in [4.78, 5) is 24.7. The Labute approximate surface area is 167 Å². The van der Waals surface area contributed by atoms with Crippen molar-refractivity contribution in [1.29, 1.82) is 0 Å². The molecule has 1 N–H and O–H groups in total. The van der Waals surface area contributed by atoms with Gasteiger partial charge in [-0.1, -0.05) is 12.1 Å². The minimum Gasteiger partial charge on any atom is -0.379 e. The maximum absolute atomic E-state index is 13.3. The van der Waals surface area contributed by atoms with Crippen LogP contribution < -0.4 is 5.32 Å². The van der Waals surface area contributed by atoms with Crippen LogP contribution in [0.5, 0.6) is 0 Å². The first kappa shape index (κ1) is 20.6. The van der Waals surface area contributed by atoms with Crippen LogP contribution in [-0.2, 0) is 9.53 Å². The van der Waals surface area contributed by atoms with Gasteiger partial charge in [-0.3, -0.25) is 19.8 Å². The largest absolute Gasteiger partial charge is 0.379 e. The number of benzene rings is 2. The molecule has 0 radical (unpaired) electrons. The highest BCUT2D eigenvalue weighted by atomic mass is 19.1. The second kappa shape index (κ2) is 9.90. The van der Waals surface area contributed by atoms with Gasteiger partial charge in [0.15, 0.2) is 0 Å². The number of nitro groups is 1. The van der Waals surface area contributed by atoms with Crippen molar-refractivity contribution in [2.45, 2.75) is 6.04 Å². The topological polar surface area (TPSA) is 84.7 Å². The lowest BCUT2D eigenvalue weighted by Gasteiger charge is -2.34. The van der Waals surface area contributed by atoms with Gasteiger partial charge in [0.25, 0.3) is 5.69 Å². The maximum Gasteiger partial charge on any atom is 0.269 e. The number of nitrogens with one attached hydrogen (secondary N) is 1. The van der Waals surface area contributed by atoms with E-state index in [0.29, 0.717) is 25.3 Å². The Balaban J connectivity index is 1.62. The number of rotatable bonds is 7. The normalized spacial score (nSPS) is 15.9. The van der Waals surface area contributed by atoms with Crippen LogP contribution in [0.1, 0.15) is 17.2 Å². The van der Waals surface area contributed by atoms with Crippen LogP contribution in [-0.4, -0.2) is 48.6 Å². The van der Waals surface area contributed by atoms with Crippen molar-refractivity contribution in [2.75, 3.05) is 32.8 Å². The maximum atomic E-state index is 13.3. The fraction of sp³-hybridized carbons (Fsp3) is 0.286. The van der Waals surface area contributed by atoms with Crippen molar-refractivity contribution in [3.05, 3.63) is 81.7 Å². The standard InChI is InChI=1S/C21H22FN3O4/c22-18-6-4-17(5-7-18)20(24-11-13-29-14-12-24)15-23-21(26)10-3-16-1-8-19(9-2-16)25(27)28/h1-10,20H,11-15H2,(H,23,26)/b10-3+. The minimum absolute atomic E-state index is 0.000692. The van der Waals surface area contributed by atoms with E-state index in [0.717, 1.165) is 18.7 Å². The number of halogens is 1. The Morgan fingerprint density at radius 3 is 2.45 bits per heavy atom. The monoisotopic (exact) mass is 399 g/mol. The lowest BCUT2D eigenvalue weighted by Crippen LogP contribution is -2.43. The number of ether oxygens (including phenoxy) is 1. The molecule has 1 aliphatic rings. The smallest absolute Gasteiger partial charge is 0.269 e. The third-order valence-corrected chi connectivity index (χ3v) is 4.74. The number of hydrogen-bond donors (Lipinski definition) is 1. The molecule has 1 amide bonds. The molecule has 3 rings (SSSR count). The second-order valence-electron chi connectivity index (χ2n) is 6.64. The molecule has 0 spiro atoms. The van der Waals surface area contributed by atoms with Gasteiger partial charge in [-0.25, -0.2) is 4.39 Å². The highest BCUT2D eigenvalue weighted by Crippen LogP contribution is 2.21. The van der Waals surface area contributed by atoms with E-state index >= 15 is 0 Å². The molecule has 29 heavy (non-hydrogen) atoms. The van der Waals surface area contributed by atoms with Crippen LogP contribution in [0.25, 0.3) is 6.08 Å². The van der Waals surface area contributed by atoms with Crippen molar-refractivity contribution in [2.24, 2.45) is 0 Å². The van der Waals surface area contributed by atoms with E-state index < -0.39 is 4.92 Å². The van der Waals surface area contributed by atoms with E-state index in [4.69, 9.17) is 4.74 Å². The van der Waals surface area contributed by atoms with Crippen LogP contribution in [0.2, 0.25) is 0 Å². The number of carbonyl (C=O) groups is 1. The van der Waals surface area contributed by atoms with Gasteiger partial charge >= 0.3 is 0 Å². The Morgan fingerprint density at radius 1 is 1.17 bits per heavy atom. The second-order valence-corrected chi connectivity index (χ2v) is 6.64. The first-order chi connectivity index (χ1) is 14.0. The average Bonchev–Trinajstić information content (AvgIpc) is 2.74. The van der Waals surface area contributed by atoms with Crippen LogP contribution in [0, 0.1) is 15.9 Å². The van der Waals surface area contributed by atoms with Crippen LogP contribution in [0.4, 0.5) is 10.1 Å². The summed E-state index contributed by atoms with van der Waals surface area (Å²) in [6.07, 6.45) is 2.99. The Morgan fingerprint density at radius 2 is 1.83 bits per heavy atom. The SMILES string of the molecule is O=C(/C=C/c1ccc([N+](=O)[O-])cc1)NCC(c1ccc(F)cc1)N1CCOCC1. The van der Waals surface area contributed by atoms with Gasteiger partial charge in [0.2, 0.25) is 5.91 Å². The lowest BCUT2D eigenvalue weighted by atomic mass is 10.0. The fourth-order valence-electron chi connectivity index (χ4n) is 3.17. The van der Waals surface area contributed by atoms with E-state index in [9.17, 15) is 19.3 Å².